The molecule has 2 heterocycles. The van der Waals surface area contributed by atoms with Crippen LogP contribution in [-0.2, 0) is 21.3 Å². The average Bonchev–Trinajstić information content (AvgIpc) is 2.67. The number of aryl methyl sites for hydroxylation is 1. The fraction of sp³-hybridized carbons (Fsp3) is 0.389. The number of carbonyl (C=O) groups is 1. The largest absolute Gasteiger partial charge is 0.378 e. The molecule has 0 bridgehead atoms. The monoisotopic (exact) mass is 390 g/mol. The molecule has 3 rings (SSSR count). The van der Waals surface area contributed by atoms with Crippen LogP contribution in [0.5, 0.6) is 0 Å². The van der Waals surface area contributed by atoms with Gasteiger partial charge in [0.2, 0.25) is 10.0 Å². The fourth-order valence-electron chi connectivity index (χ4n) is 2.77. The van der Waals surface area contributed by atoms with E-state index in [4.69, 9.17) is 4.74 Å². The van der Waals surface area contributed by atoms with Crippen molar-refractivity contribution in [2.24, 2.45) is 0 Å². The van der Waals surface area contributed by atoms with E-state index < -0.39 is 10.0 Å². The number of hydrogen-bond donors (Lipinski definition) is 1. The molecule has 8 nitrogen and oxygen atoms in total. The van der Waals surface area contributed by atoms with Crippen LogP contribution in [0.2, 0.25) is 0 Å². The highest BCUT2D eigenvalue weighted by Gasteiger charge is 2.18. The molecule has 1 aliphatic rings. The summed E-state index contributed by atoms with van der Waals surface area (Å²) >= 11 is 0. The average molecular weight is 390 g/mol. The molecule has 0 amide bonds. The van der Waals surface area contributed by atoms with Gasteiger partial charge in [-0.25, -0.2) is 23.1 Å². The summed E-state index contributed by atoms with van der Waals surface area (Å²) in [5.41, 5.74) is 1.11. The first-order chi connectivity index (χ1) is 12.8. The lowest BCUT2D eigenvalue weighted by Crippen LogP contribution is -2.37. The van der Waals surface area contributed by atoms with Crippen LogP contribution in [0, 0.1) is 6.92 Å². The van der Waals surface area contributed by atoms with Gasteiger partial charge >= 0.3 is 0 Å². The number of nitrogens with one attached hydrogen (secondary N) is 1. The topological polar surface area (TPSA) is 101 Å². The Labute approximate surface area is 158 Å². The highest BCUT2D eigenvalue weighted by molar-refractivity contribution is 7.89. The van der Waals surface area contributed by atoms with E-state index in [1.54, 1.807) is 12.1 Å². The van der Waals surface area contributed by atoms with Crippen LogP contribution in [0.3, 0.4) is 0 Å². The van der Waals surface area contributed by atoms with E-state index in [1.165, 1.54) is 19.1 Å². The van der Waals surface area contributed by atoms with E-state index in [-0.39, 0.29) is 17.2 Å². The van der Waals surface area contributed by atoms with E-state index in [2.05, 4.69) is 19.6 Å². The fourth-order valence-corrected chi connectivity index (χ4v) is 3.80. The highest BCUT2D eigenvalue weighted by atomic mass is 32.2. The molecule has 1 aliphatic heterocycles. The van der Waals surface area contributed by atoms with Gasteiger partial charge in [0.15, 0.2) is 5.78 Å². The third-order valence-electron chi connectivity index (χ3n) is 4.19. The van der Waals surface area contributed by atoms with Gasteiger partial charge in [0, 0.05) is 30.4 Å². The lowest BCUT2D eigenvalue weighted by molar-refractivity contribution is 0.101. The zero-order valence-corrected chi connectivity index (χ0v) is 16.1. The second kappa shape index (κ2) is 8.12. The quantitative estimate of drug-likeness (QED) is 0.742. The first-order valence-electron chi connectivity index (χ1n) is 8.63. The molecule has 144 valence electrons. The lowest BCUT2D eigenvalue weighted by atomic mass is 10.2. The second-order valence-corrected chi connectivity index (χ2v) is 8.06. The SMILES string of the molecule is CC(=O)c1cccc(S(=O)(=O)NCc2nc(C)cc(N3CCOCC3)n2)c1. The molecule has 2 aromatic rings. The van der Waals surface area contributed by atoms with Gasteiger partial charge in [-0.1, -0.05) is 12.1 Å². The number of sulfonamides is 1. The zero-order chi connectivity index (χ0) is 19.4. The second-order valence-electron chi connectivity index (χ2n) is 6.29. The van der Waals surface area contributed by atoms with E-state index in [0.29, 0.717) is 24.6 Å². The minimum Gasteiger partial charge on any atom is -0.378 e. The van der Waals surface area contributed by atoms with Crippen molar-refractivity contribution < 1.29 is 17.9 Å². The third kappa shape index (κ3) is 4.88. The normalized spacial score (nSPS) is 15.0. The Morgan fingerprint density at radius 1 is 1.22 bits per heavy atom. The summed E-state index contributed by atoms with van der Waals surface area (Å²) in [4.78, 5) is 22.4. The number of morpholine rings is 1. The first-order valence-corrected chi connectivity index (χ1v) is 10.1. The van der Waals surface area contributed by atoms with Crippen molar-refractivity contribution in [1.82, 2.24) is 14.7 Å². The molecule has 0 spiro atoms. The number of rotatable bonds is 6. The number of ketones is 1. The van der Waals surface area contributed by atoms with Crippen LogP contribution < -0.4 is 9.62 Å². The maximum Gasteiger partial charge on any atom is 0.240 e. The number of Topliss-reactive ketones (excluding diaryl/α,β-unsaturated/α-hetero) is 1. The van der Waals surface area contributed by atoms with Gasteiger partial charge < -0.3 is 9.64 Å². The third-order valence-corrected chi connectivity index (χ3v) is 5.59. The summed E-state index contributed by atoms with van der Waals surface area (Å²) < 4.78 is 33.0. The molecule has 0 aliphatic carbocycles. The molecule has 27 heavy (non-hydrogen) atoms. The van der Waals surface area contributed by atoms with Gasteiger partial charge in [-0.15, -0.1) is 0 Å². The molecule has 9 heteroatoms. The Kier molecular flexibility index (Phi) is 5.83. The molecular formula is C18H22N4O4S. The van der Waals surface area contributed by atoms with Crippen LogP contribution in [-0.4, -0.2) is 50.5 Å². The van der Waals surface area contributed by atoms with Crippen molar-refractivity contribution in [3.05, 3.63) is 47.4 Å². The summed E-state index contributed by atoms with van der Waals surface area (Å²) in [6, 6.07) is 7.82. The Morgan fingerprint density at radius 3 is 2.67 bits per heavy atom. The van der Waals surface area contributed by atoms with Gasteiger partial charge in [-0.2, -0.15) is 0 Å². The highest BCUT2D eigenvalue weighted by Crippen LogP contribution is 2.16. The van der Waals surface area contributed by atoms with Gasteiger partial charge in [-0.05, 0) is 26.0 Å². The minimum absolute atomic E-state index is 0.0361. The number of aromatic nitrogens is 2. The molecule has 1 saturated heterocycles. The van der Waals surface area contributed by atoms with Crippen molar-refractivity contribution in [3.63, 3.8) is 0 Å². The van der Waals surface area contributed by atoms with Crippen molar-refractivity contribution in [2.75, 3.05) is 31.2 Å². The van der Waals surface area contributed by atoms with Crippen molar-refractivity contribution in [1.29, 1.82) is 0 Å². The molecule has 0 saturated carbocycles. The first kappa shape index (κ1) is 19.4. The predicted octanol–water partition coefficient (Wildman–Crippen LogP) is 1.30. The van der Waals surface area contributed by atoms with Crippen LogP contribution in [0.1, 0.15) is 28.8 Å². The van der Waals surface area contributed by atoms with Crippen LogP contribution >= 0.6 is 0 Å². The molecule has 1 fully saturated rings. The van der Waals surface area contributed by atoms with Gasteiger partial charge in [0.05, 0.1) is 24.7 Å². The maximum atomic E-state index is 12.5. The van der Waals surface area contributed by atoms with Crippen LogP contribution in [0.15, 0.2) is 35.2 Å². The number of hydrogen-bond acceptors (Lipinski definition) is 7. The smallest absolute Gasteiger partial charge is 0.240 e. The molecule has 1 N–H and O–H groups in total. The Balaban J connectivity index is 1.76. The maximum absolute atomic E-state index is 12.5. The molecular weight excluding hydrogens is 368 g/mol. The summed E-state index contributed by atoms with van der Waals surface area (Å²) in [6.45, 7) is 5.95. The van der Waals surface area contributed by atoms with Crippen molar-refractivity contribution >= 4 is 21.6 Å². The van der Waals surface area contributed by atoms with E-state index in [1.807, 2.05) is 13.0 Å². The molecule has 0 unspecified atom stereocenters. The summed E-state index contributed by atoms with van der Waals surface area (Å²) in [5.74, 6) is 0.964. The molecule has 1 aromatic carbocycles. The summed E-state index contributed by atoms with van der Waals surface area (Å²) in [5, 5.41) is 0. The van der Waals surface area contributed by atoms with Crippen molar-refractivity contribution in [2.45, 2.75) is 25.3 Å². The molecule has 1 aromatic heterocycles. The van der Waals surface area contributed by atoms with Crippen molar-refractivity contribution in [3.8, 4) is 0 Å². The van der Waals surface area contributed by atoms with E-state index in [9.17, 15) is 13.2 Å². The number of carbonyl (C=O) groups excluding carboxylic acids is 1. The van der Waals surface area contributed by atoms with E-state index >= 15 is 0 Å². The summed E-state index contributed by atoms with van der Waals surface area (Å²) in [7, 11) is -3.78. The number of ether oxygens (including phenoxy) is 1. The van der Waals surface area contributed by atoms with Crippen LogP contribution in [0.25, 0.3) is 0 Å². The predicted molar refractivity (Wildman–Crippen MR) is 100 cm³/mol. The minimum atomic E-state index is -3.78. The number of anilines is 1. The Hall–Kier alpha value is -2.36. The van der Waals surface area contributed by atoms with Gasteiger partial charge in [0.1, 0.15) is 11.6 Å². The zero-order valence-electron chi connectivity index (χ0n) is 15.3. The van der Waals surface area contributed by atoms with Gasteiger partial charge in [-0.3, -0.25) is 4.79 Å². The number of nitrogens with zero attached hydrogens (tertiary/aromatic N) is 3. The van der Waals surface area contributed by atoms with Gasteiger partial charge in [0.25, 0.3) is 0 Å². The molecule has 0 radical (unpaired) electrons. The standard InChI is InChI=1S/C18H22N4O4S/c1-13-10-18(22-6-8-26-9-7-22)21-17(20-13)12-19-27(24,25)16-5-3-4-15(11-16)14(2)23/h3-5,10-11,19H,6-9,12H2,1-2H3. The Morgan fingerprint density at radius 2 is 1.96 bits per heavy atom. The lowest BCUT2D eigenvalue weighted by Gasteiger charge is -2.28. The molecule has 0 atom stereocenters. The van der Waals surface area contributed by atoms with E-state index in [0.717, 1.165) is 24.6 Å². The summed E-state index contributed by atoms with van der Waals surface area (Å²) in [6.07, 6.45) is 0. The Bertz CT molecular complexity index is 940. The van der Waals surface area contributed by atoms with Crippen LogP contribution in [0.4, 0.5) is 5.82 Å². The number of benzene rings is 1.